The second-order valence-corrected chi connectivity index (χ2v) is 3.37. The second kappa shape index (κ2) is 6.26. The Morgan fingerprint density at radius 2 is 2.17 bits per heavy atom. The van der Waals surface area contributed by atoms with Crippen LogP contribution in [0.15, 0.2) is 0 Å². The summed E-state index contributed by atoms with van der Waals surface area (Å²) in [5.74, 6) is 0.283. The normalized spacial score (nSPS) is 15.3. The number of alkyl halides is 1. The lowest BCUT2D eigenvalue weighted by molar-refractivity contribution is -0.121. The van der Waals surface area contributed by atoms with Gasteiger partial charge in [-0.05, 0) is 20.3 Å². The Bertz CT molecular complexity index is 139. The lowest BCUT2D eigenvalue weighted by Crippen LogP contribution is -2.34. The van der Waals surface area contributed by atoms with Gasteiger partial charge >= 0.3 is 0 Å². The van der Waals surface area contributed by atoms with Crippen LogP contribution in [0, 0.1) is 0 Å². The van der Waals surface area contributed by atoms with Crippen LogP contribution in [0.2, 0.25) is 0 Å². The Labute approximate surface area is 78.1 Å². The van der Waals surface area contributed by atoms with Crippen molar-refractivity contribution >= 4 is 17.5 Å². The minimum absolute atomic E-state index is 0.0146. The van der Waals surface area contributed by atoms with Crippen molar-refractivity contribution in [1.82, 2.24) is 5.32 Å². The summed E-state index contributed by atoms with van der Waals surface area (Å²) in [6.45, 7) is 3.56. The monoisotopic (exact) mass is 193 g/mol. The van der Waals surface area contributed by atoms with Gasteiger partial charge in [0, 0.05) is 18.3 Å². The zero-order valence-corrected chi connectivity index (χ0v) is 8.27. The van der Waals surface area contributed by atoms with Crippen LogP contribution < -0.4 is 5.32 Å². The molecule has 0 bridgehead atoms. The number of hydrogen-bond donors (Lipinski definition) is 2. The van der Waals surface area contributed by atoms with E-state index in [1.807, 2.05) is 6.92 Å². The van der Waals surface area contributed by atoms with Crippen molar-refractivity contribution in [3.05, 3.63) is 0 Å². The molecule has 2 atom stereocenters. The first kappa shape index (κ1) is 11.7. The number of carbonyl (C=O) groups is 1. The fourth-order valence-corrected chi connectivity index (χ4v) is 1.18. The summed E-state index contributed by atoms with van der Waals surface area (Å²) < 4.78 is 0. The molecule has 0 heterocycles. The average Bonchev–Trinajstić information content (AvgIpc) is 1.84. The number of hydrogen-bond acceptors (Lipinski definition) is 2. The summed E-state index contributed by atoms with van der Waals surface area (Å²) in [5.41, 5.74) is 0. The first-order valence-corrected chi connectivity index (χ1v) is 4.63. The summed E-state index contributed by atoms with van der Waals surface area (Å²) in [4.78, 5) is 11.0. The molecule has 0 spiro atoms. The molecule has 0 rings (SSSR count). The van der Waals surface area contributed by atoms with Gasteiger partial charge in [0.25, 0.3) is 0 Å². The molecule has 0 aromatic carbocycles. The molecule has 3 nitrogen and oxygen atoms in total. The van der Waals surface area contributed by atoms with Crippen LogP contribution in [0.5, 0.6) is 0 Å². The lowest BCUT2D eigenvalue weighted by Gasteiger charge is -2.14. The van der Waals surface area contributed by atoms with Gasteiger partial charge in [0.15, 0.2) is 0 Å². The molecule has 0 aromatic rings. The Morgan fingerprint density at radius 3 is 2.58 bits per heavy atom. The second-order valence-electron chi connectivity index (χ2n) is 2.99. The van der Waals surface area contributed by atoms with Crippen molar-refractivity contribution < 1.29 is 9.90 Å². The van der Waals surface area contributed by atoms with E-state index in [9.17, 15) is 4.79 Å². The highest BCUT2D eigenvalue weighted by Crippen LogP contribution is 1.97. The van der Waals surface area contributed by atoms with Crippen LogP contribution >= 0.6 is 11.6 Å². The highest BCUT2D eigenvalue weighted by atomic mass is 35.5. The maximum atomic E-state index is 11.0. The zero-order valence-electron chi connectivity index (χ0n) is 7.51. The van der Waals surface area contributed by atoms with E-state index in [0.29, 0.717) is 18.7 Å². The molecule has 0 saturated carbocycles. The highest BCUT2D eigenvalue weighted by molar-refractivity contribution is 6.18. The maximum Gasteiger partial charge on any atom is 0.221 e. The van der Waals surface area contributed by atoms with Crippen LogP contribution in [-0.2, 0) is 4.79 Å². The molecule has 0 saturated heterocycles. The number of nitrogens with one attached hydrogen (secondary N) is 1. The van der Waals surface area contributed by atoms with Gasteiger partial charge in [0.05, 0.1) is 6.10 Å². The van der Waals surface area contributed by atoms with Crippen LogP contribution in [0.4, 0.5) is 0 Å². The van der Waals surface area contributed by atoms with Crippen molar-refractivity contribution in [3.8, 4) is 0 Å². The van der Waals surface area contributed by atoms with Crippen LogP contribution in [0.1, 0.15) is 26.7 Å². The van der Waals surface area contributed by atoms with Crippen LogP contribution in [0.3, 0.4) is 0 Å². The number of aliphatic hydroxyl groups is 1. The standard InChI is InChI=1S/C8H16ClNO2/c1-6(5-7(2)11)10-8(12)3-4-9/h6-7,11H,3-5H2,1-2H3,(H,10,12). The molecule has 0 fully saturated rings. The fourth-order valence-electron chi connectivity index (χ4n) is 1.00. The predicted molar refractivity (Wildman–Crippen MR) is 49.2 cm³/mol. The van der Waals surface area contributed by atoms with E-state index in [1.54, 1.807) is 6.92 Å². The van der Waals surface area contributed by atoms with E-state index in [-0.39, 0.29) is 18.1 Å². The Balaban J connectivity index is 3.54. The van der Waals surface area contributed by atoms with Crippen molar-refractivity contribution in [2.75, 3.05) is 5.88 Å². The van der Waals surface area contributed by atoms with E-state index < -0.39 is 0 Å². The van der Waals surface area contributed by atoms with Crippen molar-refractivity contribution in [1.29, 1.82) is 0 Å². The molecule has 0 aliphatic heterocycles. The molecule has 0 aliphatic carbocycles. The van der Waals surface area contributed by atoms with E-state index in [1.165, 1.54) is 0 Å². The number of aliphatic hydroxyl groups excluding tert-OH is 1. The largest absolute Gasteiger partial charge is 0.393 e. The minimum atomic E-state index is -0.378. The number of rotatable bonds is 5. The minimum Gasteiger partial charge on any atom is -0.393 e. The molecule has 1 amide bonds. The first-order chi connectivity index (χ1) is 5.56. The van der Waals surface area contributed by atoms with Gasteiger partial charge < -0.3 is 10.4 Å². The Morgan fingerprint density at radius 1 is 1.58 bits per heavy atom. The molecule has 0 aliphatic rings. The fraction of sp³-hybridized carbons (Fsp3) is 0.875. The van der Waals surface area contributed by atoms with E-state index in [4.69, 9.17) is 16.7 Å². The molecule has 72 valence electrons. The molecular formula is C8H16ClNO2. The number of amides is 1. The summed E-state index contributed by atoms with van der Waals surface area (Å²) in [6.07, 6.45) is 0.538. The number of carbonyl (C=O) groups excluding carboxylic acids is 1. The molecule has 12 heavy (non-hydrogen) atoms. The molecular weight excluding hydrogens is 178 g/mol. The maximum absolute atomic E-state index is 11.0. The van der Waals surface area contributed by atoms with Gasteiger partial charge in [-0.15, -0.1) is 11.6 Å². The highest BCUT2D eigenvalue weighted by Gasteiger charge is 2.08. The molecule has 2 unspecified atom stereocenters. The summed E-state index contributed by atoms with van der Waals surface area (Å²) >= 11 is 5.38. The molecule has 2 N–H and O–H groups in total. The Hall–Kier alpha value is -0.280. The summed E-state index contributed by atoms with van der Waals surface area (Å²) in [7, 11) is 0. The van der Waals surface area contributed by atoms with Crippen molar-refractivity contribution in [2.45, 2.75) is 38.8 Å². The molecule has 0 radical (unpaired) electrons. The third kappa shape index (κ3) is 6.43. The molecule has 0 aromatic heterocycles. The van der Waals surface area contributed by atoms with Gasteiger partial charge in [-0.3, -0.25) is 4.79 Å². The van der Waals surface area contributed by atoms with Crippen molar-refractivity contribution in [3.63, 3.8) is 0 Å². The van der Waals surface area contributed by atoms with Crippen molar-refractivity contribution in [2.24, 2.45) is 0 Å². The smallest absolute Gasteiger partial charge is 0.221 e. The van der Waals surface area contributed by atoms with Crippen LogP contribution in [-0.4, -0.2) is 29.0 Å². The van der Waals surface area contributed by atoms with Crippen LogP contribution in [0.25, 0.3) is 0 Å². The van der Waals surface area contributed by atoms with Gasteiger partial charge in [-0.25, -0.2) is 0 Å². The van der Waals surface area contributed by atoms with Gasteiger partial charge in [-0.2, -0.15) is 0 Å². The van der Waals surface area contributed by atoms with Gasteiger partial charge in [0.2, 0.25) is 5.91 Å². The number of halogens is 1. The third-order valence-corrected chi connectivity index (χ3v) is 1.61. The third-order valence-electron chi connectivity index (χ3n) is 1.42. The first-order valence-electron chi connectivity index (χ1n) is 4.09. The predicted octanol–water partition coefficient (Wildman–Crippen LogP) is 0.891. The zero-order chi connectivity index (χ0) is 9.56. The van der Waals surface area contributed by atoms with E-state index >= 15 is 0 Å². The SMILES string of the molecule is CC(O)CC(C)NC(=O)CCCl. The van der Waals surface area contributed by atoms with Gasteiger partial charge in [-0.1, -0.05) is 0 Å². The lowest BCUT2D eigenvalue weighted by atomic mass is 10.1. The van der Waals surface area contributed by atoms with E-state index in [0.717, 1.165) is 0 Å². The topological polar surface area (TPSA) is 49.3 Å². The van der Waals surface area contributed by atoms with E-state index in [2.05, 4.69) is 5.32 Å². The molecule has 4 heteroatoms. The summed E-state index contributed by atoms with van der Waals surface area (Å²) in [6, 6.07) is 0.0146. The van der Waals surface area contributed by atoms with Gasteiger partial charge in [0.1, 0.15) is 0 Å². The quantitative estimate of drug-likeness (QED) is 0.638. The summed E-state index contributed by atoms with van der Waals surface area (Å²) in [5, 5.41) is 11.7. The average molecular weight is 194 g/mol. The Kier molecular flexibility index (Phi) is 6.11.